The summed E-state index contributed by atoms with van der Waals surface area (Å²) in [4.78, 5) is 28.8. The molecule has 2 aliphatic heterocycles. The Labute approximate surface area is 188 Å². The molecule has 1 atom stereocenters. The monoisotopic (exact) mass is 476 g/mol. The van der Waals surface area contributed by atoms with Gasteiger partial charge in [0.15, 0.2) is 0 Å². The van der Waals surface area contributed by atoms with Crippen LogP contribution in [0.3, 0.4) is 0 Å². The van der Waals surface area contributed by atoms with Crippen LogP contribution in [0.4, 0.5) is 4.79 Å². The number of hydrogen-bond donors (Lipinski definition) is 0. The number of thioether (sulfide) groups is 1. The highest BCUT2D eigenvalue weighted by Crippen LogP contribution is 2.42. The summed E-state index contributed by atoms with van der Waals surface area (Å²) >= 11 is 19.3. The van der Waals surface area contributed by atoms with Crippen molar-refractivity contribution in [3.8, 4) is 5.75 Å². The summed E-state index contributed by atoms with van der Waals surface area (Å²) in [5.41, 5.74) is 0.664. The number of carbonyl (C=O) groups excluding carboxylic acids is 2. The van der Waals surface area contributed by atoms with Crippen molar-refractivity contribution in [2.75, 3.05) is 32.9 Å². The van der Waals surface area contributed by atoms with Crippen molar-refractivity contribution in [2.24, 2.45) is 0 Å². The lowest BCUT2D eigenvalue weighted by Crippen LogP contribution is -2.59. The summed E-state index contributed by atoms with van der Waals surface area (Å²) in [6.07, 6.45) is 2.21. The number of imide groups is 1. The van der Waals surface area contributed by atoms with Crippen molar-refractivity contribution in [3.63, 3.8) is 0 Å². The van der Waals surface area contributed by atoms with Crippen molar-refractivity contribution in [2.45, 2.75) is 9.96 Å². The van der Waals surface area contributed by atoms with E-state index < -0.39 is 21.1 Å². The molecule has 156 valence electrons. The normalized spacial score (nSPS) is 20.9. The fraction of sp³-hybridized carbons (Fsp3) is 0.368. The Bertz CT molecular complexity index is 822. The molecule has 0 unspecified atom stereocenters. The van der Waals surface area contributed by atoms with Gasteiger partial charge in [0.2, 0.25) is 3.79 Å². The first kappa shape index (κ1) is 22.5. The second-order valence-electron chi connectivity index (χ2n) is 6.25. The van der Waals surface area contributed by atoms with Gasteiger partial charge >= 0.3 is 0 Å². The largest absolute Gasteiger partial charge is 0.489 e. The molecular formula is C19H19Cl3N2O4S. The minimum absolute atomic E-state index is 0.233. The summed E-state index contributed by atoms with van der Waals surface area (Å²) < 4.78 is 9.07. The number of carbonyl (C=O) groups is 2. The van der Waals surface area contributed by atoms with Gasteiger partial charge in [0.1, 0.15) is 18.5 Å². The number of ether oxygens (including phenoxy) is 2. The summed E-state index contributed by atoms with van der Waals surface area (Å²) in [5, 5.41) is -0.492. The van der Waals surface area contributed by atoms with E-state index in [0.717, 1.165) is 16.7 Å². The van der Waals surface area contributed by atoms with Crippen LogP contribution in [0.15, 0.2) is 41.8 Å². The van der Waals surface area contributed by atoms with Crippen LogP contribution in [0, 0.1) is 0 Å². The zero-order valence-electron chi connectivity index (χ0n) is 15.4. The Hall–Kier alpha value is -1.22. The minimum atomic E-state index is -1.87. The predicted octanol–water partition coefficient (Wildman–Crippen LogP) is 4.32. The Morgan fingerprint density at radius 3 is 2.59 bits per heavy atom. The number of para-hydroxylation sites is 1. The maximum absolute atomic E-state index is 13.1. The highest BCUT2D eigenvalue weighted by Gasteiger charge is 2.50. The van der Waals surface area contributed by atoms with Gasteiger partial charge in [-0.2, -0.15) is 0 Å². The van der Waals surface area contributed by atoms with E-state index in [0.29, 0.717) is 44.2 Å². The predicted molar refractivity (Wildman–Crippen MR) is 116 cm³/mol. The van der Waals surface area contributed by atoms with Gasteiger partial charge in [-0.15, -0.1) is 0 Å². The number of alkyl halides is 3. The highest BCUT2D eigenvalue weighted by molar-refractivity contribution is 8.18. The number of morpholine rings is 1. The molecule has 0 aliphatic carbocycles. The Morgan fingerprint density at radius 1 is 1.24 bits per heavy atom. The molecule has 29 heavy (non-hydrogen) atoms. The molecule has 2 amide bonds. The molecule has 2 heterocycles. The van der Waals surface area contributed by atoms with Crippen molar-refractivity contribution in [1.29, 1.82) is 0 Å². The minimum Gasteiger partial charge on any atom is -0.489 e. The first-order chi connectivity index (χ1) is 13.8. The number of halogens is 3. The van der Waals surface area contributed by atoms with Gasteiger partial charge in [-0.3, -0.25) is 14.5 Å². The third kappa shape index (κ3) is 5.29. The van der Waals surface area contributed by atoms with Crippen LogP contribution in [-0.4, -0.2) is 63.8 Å². The number of hydrogen-bond acceptors (Lipinski definition) is 6. The van der Waals surface area contributed by atoms with Crippen LogP contribution in [0.2, 0.25) is 0 Å². The summed E-state index contributed by atoms with van der Waals surface area (Å²) in [7, 11) is 0. The number of amides is 2. The number of benzene rings is 1. The van der Waals surface area contributed by atoms with E-state index in [1.54, 1.807) is 29.2 Å². The molecule has 1 aromatic carbocycles. The van der Waals surface area contributed by atoms with Crippen molar-refractivity contribution in [1.82, 2.24) is 9.80 Å². The SMILES string of the molecule is C=CCOc1ccccc1/C=C1\SC(=O)N([C@@H](N2CCOCC2)C(Cl)(Cl)Cl)C1=O. The molecule has 0 aromatic heterocycles. The van der Waals surface area contributed by atoms with Crippen molar-refractivity contribution < 1.29 is 19.1 Å². The topological polar surface area (TPSA) is 59.1 Å². The van der Waals surface area contributed by atoms with Crippen molar-refractivity contribution >= 4 is 63.8 Å². The third-order valence-corrected chi connectivity index (χ3v) is 5.78. The van der Waals surface area contributed by atoms with Crippen molar-refractivity contribution in [3.05, 3.63) is 47.4 Å². The molecule has 0 spiro atoms. The number of rotatable bonds is 6. The van der Waals surface area contributed by atoms with Gasteiger partial charge in [-0.25, -0.2) is 4.90 Å². The maximum atomic E-state index is 13.1. The third-order valence-electron chi connectivity index (χ3n) is 4.31. The summed E-state index contributed by atoms with van der Waals surface area (Å²) in [6.45, 7) is 5.68. The van der Waals surface area contributed by atoms with Crippen LogP contribution in [0.1, 0.15) is 5.56 Å². The Balaban J connectivity index is 1.90. The van der Waals surface area contributed by atoms with Crippen LogP contribution in [0.25, 0.3) is 6.08 Å². The molecule has 6 nitrogen and oxygen atoms in total. The average Bonchev–Trinajstić information content (AvgIpc) is 2.95. The van der Waals surface area contributed by atoms with E-state index in [-0.39, 0.29) is 4.91 Å². The lowest BCUT2D eigenvalue weighted by Gasteiger charge is -2.41. The molecule has 0 saturated carbocycles. The quantitative estimate of drug-likeness (QED) is 0.346. The standard InChI is InChI=1S/C19H19Cl3N2O4S/c1-2-9-28-14-6-4-3-5-13(14)12-15-16(25)24(18(26)29-15)17(19(20,21)22)23-7-10-27-11-8-23/h2-6,12,17H,1,7-11H2/b15-12-/t17-/m1/s1. The first-order valence-electron chi connectivity index (χ1n) is 8.81. The fourth-order valence-electron chi connectivity index (χ4n) is 3.05. The smallest absolute Gasteiger partial charge is 0.295 e. The lowest BCUT2D eigenvalue weighted by molar-refractivity contribution is -0.128. The zero-order valence-corrected chi connectivity index (χ0v) is 18.4. The molecule has 3 rings (SSSR count). The van der Waals surface area contributed by atoms with Gasteiger partial charge in [-0.1, -0.05) is 65.7 Å². The lowest BCUT2D eigenvalue weighted by atomic mass is 10.2. The summed E-state index contributed by atoms with van der Waals surface area (Å²) in [5.74, 6) is 0.0617. The van der Waals surface area contributed by atoms with Crippen LogP contribution >= 0.6 is 46.6 Å². The molecule has 0 bridgehead atoms. The van der Waals surface area contributed by atoms with Gasteiger partial charge in [0, 0.05) is 18.7 Å². The van der Waals surface area contributed by atoms with Gasteiger partial charge in [0.25, 0.3) is 11.1 Å². The molecule has 2 aliphatic rings. The fourth-order valence-corrected chi connectivity index (χ4v) is 4.60. The van der Waals surface area contributed by atoms with Gasteiger partial charge in [-0.05, 0) is 23.9 Å². The van der Waals surface area contributed by atoms with Gasteiger partial charge in [0.05, 0.1) is 18.1 Å². The summed E-state index contributed by atoms with van der Waals surface area (Å²) in [6, 6.07) is 7.20. The zero-order chi connectivity index (χ0) is 21.0. The average molecular weight is 478 g/mol. The molecule has 1 aromatic rings. The second kappa shape index (κ2) is 9.73. The van der Waals surface area contributed by atoms with Crippen LogP contribution < -0.4 is 4.74 Å². The Morgan fingerprint density at radius 2 is 1.93 bits per heavy atom. The highest BCUT2D eigenvalue weighted by atomic mass is 35.6. The van der Waals surface area contributed by atoms with E-state index in [1.165, 1.54) is 0 Å². The first-order valence-corrected chi connectivity index (χ1v) is 10.8. The van der Waals surface area contributed by atoms with E-state index in [2.05, 4.69) is 6.58 Å². The Kier molecular flexibility index (Phi) is 7.53. The molecule has 2 fully saturated rings. The molecular weight excluding hydrogens is 459 g/mol. The molecule has 2 saturated heterocycles. The number of nitrogens with zero attached hydrogens (tertiary/aromatic N) is 2. The maximum Gasteiger partial charge on any atom is 0.295 e. The molecule has 10 heteroatoms. The van der Waals surface area contributed by atoms with E-state index in [9.17, 15) is 9.59 Å². The molecule has 0 N–H and O–H groups in total. The van der Waals surface area contributed by atoms with E-state index >= 15 is 0 Å². The second-order valence-corrected chi connectivity index (χ2v) is 9.61. The van der Waals surface area contributed by atoms with Crippen LogP contribution in [0.5, 0.6) is 5.75 Å². The van der Waals surface area contributed by atoms with Crippen LogP contribution in [-0.2, 0) is 9.53 Å². The van der Waals surface area contributed by atoms with E-state index in [4.69, 9.17) is 44.3 Å². The van der Waals surface area contributed by atoms with E-state index in [1.807, 2.05) is 12.1 Å². The molecule has 0 radical (unpaired) electrons. The van der Waals surface area contributed by atoms with Gasteiger partial charge < -0.3 is 9.47 Å².